The Bertz CT molecular complexity index is 343. The molecule has 0 rings (SSSR count). The molecule has 0 atom stereocenters. The summed E-state index contributed by atoms with van der Waals surface area (Å²) in [7, 11) is 0. The van der Waals surface area contributed by atoms with Crippen LogP contribution >= 0.6 is 0 Å². The number of rotatable bonds is 27. The van der Waals surface area contributed by atoms with Crippen LogP contribution < -0.4 is 10.9 Å². The van der Waals surface area contributed by atoms with E-state index in [0.717, 1.165) is 13.1 Å². The van der Waals surface area contributed by atoms with Crippen molar-refractivity contribution in [2.75, 3.05) is 13.1 Å². The van der Waals surface area contributed by atoms with Gasteiger partial charge in [0.1, 0.15) is 0 Å². The van der Waals surface area contributed by atoms with Crippen molar-refractivity contribution in [2.45, 2.75) is 183 Å². The number of hydrogen-bond donors (Lipinski definition) is 2. The van der Waals surface area contributed by atoms with Gasteiger partial charge >= 0.3 is 0 Å². The third-order valence-electron chi connectivity index (χ3n) is 9.64. The molecular weight excluding hydrogens is 412 g/mol. The van der Waals surface area contributed by atoms with Crippen molar-refractivity contribution >= 4 is 0 Å². The molecule has 0 aromatic rings. The topological polar surface area (TPSA) is 24.1 Å². The quantitative estimate of drug-likeness (QED) is 0.0902. The molecule has 0 amide bonds. The van der Waals surface area contributed by atoms with Crippen LogP contribution in [0.25, 0.3) is 0 Å². The van der Waals surface area contributed by atoms with E-state index in [1.807, 2.05) is 0 Å². The maximum Gasteiger partial charge on any atom is 0.00997 e. The van der Waals surface area contributed by atoms with E-state index in [0.29, 0.717) is 10.8 Å². The zero-order chi connectivity index (χ0) is 25.4. The van der Waals surface area contributed by atoms with E-state index in [1.54, 1.807) is 0 Å². The van der Waals surface area contributed by atoms with Gasteiger partial charge in [0, 0.05) is 13.1 Å². The highest BCUT2D eigenvalue weighted by molar-refractivity contribution is 4.75. The number of hydrazine groups is 1. The first kappa shape index (κ1) is 33.9. The van der Waals surface area contributed by atoms with Gasteiger partial charge in [0.05, 0.1) is 0 Å². The highest BCUT2D eigenvalue weighted by Crippen LogP contribution is 2.37. The van der Waals surface area contributed by atoms with Crippen LogP contribution in [-0.4, -0.2) is 13.1 Å². The van der Waals surface area contributed by atoms with Crippen molar-refractivity contribution in [1.82, 2.24) is 10.9 Å². The van der Waals surface area contributed by atoms with E-state index in [4.69, 9.17) is 0 Å². The monoisotopic (exact) mass is 481 g/mol. The summed E-state index contributed by atoms with van der Waals surface area (Å²) in [5.74, 6) is 0. The number of hydrogen-bond acceptors (Lipinski definition) is 2. The molecule has 0 radical (unpaired) electrons. The molecule has 0 aromatic heterocycles. The molecule has 2 N–H and O–H groups in total. The van der Waals surface area contributed by atoms with Crippen molar-refractivity contribution in [2.24, 2.45) is 10.8 Å². The van der Waals surface area contributed by atoms with Crippen molar-refractivity contribution in [1.29, 1.82) is 0 Å². The van der Waals surface area contributed by atoms with E-state index in [1.165, 1.54) is 141 Å². The summed E-state index contributed by atoms with van der Waals surface area (Å²) in [6.07, 6.45) is 30.8. The van der Waals surface area contributed by atoms with Crippen LogP contribution in [0.1, 0.15) is 183 Å². The number of nitrogens with one attached hydrogen (secondary N) is 2. The summed E-state index contributed by atoms with van der Waals surface area (Å²) < 4.78 is 0. The van der Waals surface area contributed by atoms with Crippen LogP contribution in [0.4, 0.5) is 0 Å². The maximum absolute atomic E-state index is 3.43. The average molecular weight is 481 g/mol. The predicted octanol–water partition coefficient (Wildman–Crippen LogP) is 10.8. The molecule has 0 saturated carbocycles. The fourth-order valence-electron chi connectivity index (χ4n) is 5.93. The van der Waals surface area contributed by atoms with Crippen molar-refractivity contribution < 1.29 is 0 Å². The minimum absolute atomic E-state index is 0.642. The van der Waals surface area contributed by atoms with Gasteiger partial charge in [-0.1, -0.05) is 157 Å². The molecule has 0 unspecified atom stereocenters. The molecule has 0 heterocycles. The second-order valence-corrected chi connectivity index (χ2v) is 11.4. The first-order chi connectivity index (χ1) is 16.6. The minimum atomic E-state index is 0.642. The second kappa shape index (κ2) is 23.3. The summed E-state index contributed by atoms with van der Waals surface area (Å²) in [6, 6.07) is 0. The molecule has 0 spiro atoms. The second-order valence-electron chi connectivity index (χ2n) is 11.4. The smallest absolute Gasteiger partial charge is 0.00997 e. The molecule has 0 aliphatic rings. The standard InChI is InChI=1S/C32H68N2/c1-7-31(8-2,9-3)27-23-19-15-13-17-21-25-29-33-34-30-26-22-18-14-16-20-24-28-32(10-4,11-5)12-6/h33-34H,7-30H2,1-6H3. The fourth-order valence-corrected chi connectivity index (χ4v) is 5.93. The predicted molar refractivity (Wildman–Crippen MR) is 156 cm³/mol. The molecule has 34 heavy (non-hydrogen) atoms. The average Bonchev–Trinajstić information content (AvgIpc) is 2.88. The van der Waals surface area contributed by atoms with Crippen LogP contribution in [0.5, 0.6) is 0 Å². The highest BCUT2D eigenvalue weighted by atomic mass is 15.3. The molecular formula is C32H68N2. The zero-order valence-electron chi connectivity index (χ0n) is 25.0. The first-order valence-corrected chi connectivity index (χ1v) is 16.0. The third-order valence-corrected chi connectivity index (χ3v) is 9.64. The lowest BCUT2D eigenvalue weighted by Crippen LogP contribution is -2.33. The van der Waals surface area contributed by atoms with E-state index < -0.39 is 0 Å². The van der Waals surface area contributed by atoms with Crippen LogP contribution in [0.3, 0.4) is 0 Å². The lowest BCUT2D eigenvalue weighted by atomic mass is 9.75. The van der Waals surface area contributed by atoms with E-state index in [-0.39, 0.29) is 0 Å². The van der Waals surface area contributed by atoms with Gasteiger partial charge in [-0.15, -0.1) is 0 Å². The maximum atomic E-state index is 3.43. The molecule has 2 heteroatoms. The van der Waals surface area contributed by atoms with Gasteiger partial charge in [-0.05, 0) is 36.5 Å². The summed E-state index contributed by atoms with van der Waals surface area (Å²) >= 11 is 0. The Morgan fingerprint density at radius 3 is 0.824 bits per heavy atom. The van der Waals surface area contributed by atoms with E-state index in [2.05, 4.69) is 52.4 Å². The summed E-state index contributed by atoms with van der Waals surface area (Å²) in [4.78, 5) is 0. The Kier molecular flexibility index (Phi) is 23.3. The largest absolute Gasteiger partial charge is 0.258 e. The first-order valence-electron chi connectivity index (χ1n) is 16.0. The Balaban J connectivity index is 3.30. The Hall–Kier alpha value is -0.0800. The summed E-state index contributed by atoms with van der Waals surface area (Å²) in [5, 5.41) is 0. The Morgan fingerprint density at radius 1 is 0.324 bits per heavy atom. The van der Waals surface area contributed by atoms with E-state index >= 15 is 0 Å². The van der Waals surface area contributed by atoms with Crippen molar-refractivity contribution in [3.05, 3.63) is 0 Å². The molecule has 0 aliphatic carbocycles. The van der Waals surface area contributed by atoms with Gasteiger partial charge in [0.25, 0.3) is 0 Å². The van der Waals surface area contributed by atoms with Crippen molar-refractivity contribution in [3.8, 4) is 0 Å². The SMILES string of the molecule is CCC(CC)(CC)CCCCCCCCCNNCCCCCCCCCC(CC)(CC)CC. The lowest BCUT2D eigenvalue weighted by molar-refractivity contribution is 0.220. The van der Waals surface area contributed by atoms with Crippen LogP contribution in [0, 0.1) is 10.8 Å². The molecule has 0 aromatic carbocycles. The van der Waals surface area contributed by atoms with Crippen LogP contribution in [0.15, 0.2) is 0 Å². The summed E-state index contributed by atoms with van der Waals surface area (Å²) in [6.45, 7) is 16.6. The fraction of sp³-hybridized carbons (Fsp3) is 1.00. The zero-order valence-corrected chi connectivity index (χ0v) is 25.0. The van der Waals surface area contributed by atoms with E-state index in [9.17, 15) is 0 Å². The summed E-state index contributed by atoms with van der Waals surface area (Å²) in [5.41, 5.74) is 8.15. The Morgan fingerprint density at radius 2 is 0.559 bits per heavy atom. The van der Waals surface area contributed by atoms with Crippen LogP contribution in [0.2, 0.25) is 0 Å². The molecule has 0 bridgehead atoms. The molecule has 2 nitrogen and oxygen atoms in total. The minimum Gasteiger partial charge on any atom is -0.258 e. The molecule has 0 saturated heterocycles. The molecule has 0 fully saturated rings. The lowest BCUT2D eigenvalue weighted by Gasteiger charge is -2.30. The highest BCUT2D eigenvalue weighted by Gasteiger charge is 2.23. The van der Waals surface area contributed by atoms with Gasteiger partial charge in [-0.2, -0.15) is 0 Å². The normalized spacial score (nSPS) is 12.5. The van der Waals surface area contributed by atoms with Gasteiger partial charge in [0.15, 0.2) is 0 Å². The molecule has 0 aliphatic heterocycles. The Labute approximate surface area is 217 Å². The van der Waals surface area contributed by atoms with Crippen molar-refractivity contribution in [3.63, 3.8) is 0 Å². The number of unbranched alkanes of at least 4 members (excludes halogenated alkanes) is 12. The van der Waals surface area contributed by atoms with Gasteiger partial charge < -0.3 is 0 Å². The van der Waals surface area contributed by atoms with Gasteiger partial charge in [-0.3, -0.25) is 10.9 Å². The third kappa shape index (κ3) is 16.6. The van der Waals surface area contributed by atoms with Gasteiger partial charge in [0.2, 0.25) is 0 Å². The molecule has 206 valence electrons. The van der Waals surface area contributed by atoms with Gasteiger partial charge in [-0.25, -0.2) is 0 Å². The van der Waals surface area contributed by atoms with Crippen LogP contribution in [-0.2, 0) is 0 Å².